The molecule has 0 bridgehead atoms. The van der Waals surface area contributed by atoms with Crippen molar-refractivity contribution < 1.29 is 9.50 Å². The van der Waals surface area contributed by atoms with Gasteiger partial charge in [0.15, 0.2) is 0 Å². The summed E-state index contributed by atoms with van der Waals surface area (Å²) in [7, 11) is 0. The van der Waals surface area contributed by atoms with Crippen LogP contribution in [0.3, 0.4) is 0 Å². The van der Waals surface area contributed by atoms with Gasteiger partial charge in [0, 0.05) is 0 Å². The van der Waals surface area contributed by atoms with Gasteiger partial charge in [0.2, 0.25) is 0 Å². The van der Waals surface area contributed by atoms with Gasteiger partial charge in [-0.25, -0.2) is 4.39 Å². The van der Waals surface area contributed by atoms with Crippen molar-refractivity contribution in [1.29, 1.82) is 0 Å². The lowest BCUT2D eigenvalue weighted by Gasteiger charge is -2.13. The first-order chi connectivity index (χ1) is 9.13. The molecule has 1 saturated carbocycles. The Labute approximate surface area is 112 Å². The van der Waals surface area contributed by atoms with Gasteiger partial charge in [-0.1, -0.05) is 30.3 Å². The second kappa shape index (κ2) is 4.78. The molecule has 0 aromatic heterocycles. The van der Waals surface area contributed by atoms with Crippen molar-refractivity contribution in [3.63, 3.8) is 0 Å². The Balaban J connectivity index is 1.87. The summed E-state index contributed by atoms with van der Waals surface area (Å²) in [5, 5.41) is 10.3. The minimum atomic E-state index is -0.761. The Morgan fingerprint density at radius 2 is 1.74 bits per heavy atom. The van der Waals surface area contributed by atoms with Crippen molar-refractivity contribution in [3.8, 4) is 0 Å². The van der Waals surface area contributed by atoms with Crippen molar-refractivity contribution in [2.24, 2.45) is 0 Å². The molecule has 1 nitrogen and oxygen atoms in total. The van der Waals surface area contributed by atoms with Crippen LogP contribution in [-0.2, 0) is 0 Å². The fraction of sp³-hybridized carbons (Fsp3) is 0.294. The van der Waals surface area contributed by atoms with E-state index in [9.17, 15) is 9.50 Å². The predicted molar refractivity (Wildman–Crippen MR) is 73.6 cm³/mol. The zero-order valence-electron chi connectivity index (χ0n) is 10.9. The second-order valence-electron chi connectivity index (χ2n) is 5.41. The first-order valence-electron chi connectivity index (χ1n) is 6.68. The third-order valence-electron chi connectivity index (χ3n) is 3.68. The molecule has 3 rings (SSSR count). The Morgan fingerprint density at radius 1 is 1.05 bits per heavy atom. The minimum absolute atomic E-state index is 0.302. The summed E-state index contributed by atoms with van der Waals surface area (Å²) in [6.07, 6.45) is 1.78. The van der Waals surface area contributed by atoms with Crippen LogP contribution in [0, 0.1) is 12.7 Å². The van der Waals surface area contributed by atoms with Gasteiger partial charge in [-0.05, 0) is 60.1 Å². The molecule has 1 aliphatic rings. The quantitative estimate of drug-likeness (QED) is 0.876. The van der Waals surface area contributed by atoms with Crippen LogP contribution in [-0.4, -0.2) is 5.11 Å². The minimum Gasteiger partial charge on any atom is -0.384 e. The standard InChI is InChI=1S/C17H17FO/c1-11-8-15(10-16(18)9-11)17(19)14-6-4-13(5-7-14)12-2-3-12/h4-10,12,17,19H,2-3H2,1H3. The number of aliphatic hydroxyl groups excluding tert-OH is 1. The lowest BCUT2D eigenvalue weighted by atomic mass is 9.98. The molecule has 2 heteroatoms. The van der Waals surface area contributed by atoms with E-state index in [0.29, 0.717) is 11.5 Å². The van der Waals surface area contributed by atoms with E-state index in [1.165, 1.54) is 30.5 Å². The van der Waals surface area contributed by atoms with Crippen LogP contribution < -0.4 is 0 Å². The summed E-state index contributed by atoms with van der Waals surface area (Å²) in [4.78, 5) is 0. The molecule has 1 aliphatic carbocycles. The zero-order valence-corrected chi connectivity index (χ0v) is 10.9. The maximum absolute atomic E-state index is 13.4. The Bertz CT molecular complexity index is 564. The summed E-state index contributed by atoms with van der Waals surface area (Å²) in [5.74, 6) is 0.409. The monoisotopic (exact) mass is 256 g/mol. The summed E-state index contributed by atoms with van der Waals surface area (Å²) in [5.41, 5.74) is 3.58. The summed E-state index contributed by atoms with van der Waals surface area (Å²) >= 11 is 0. The molecule has 2 aromatic carbocycles. The first kappa shape index (κ1) is 12.4. The fourth-order valence-corrected chi connectivity index (χ4v) is 2.48. The molecule has 1 unspecified atom stereocenters. The van der Waals surface area contributed by atoms with Gasteiger partial charge in [0.25, 0.3) is 0 Å². The predicted octanol–water partition coefficient (Wildman–Crippen LogP) is 4.09. The molecule has 2 aromatic rings. The van der Waals surface area contributed by atoms with E-state index in [0.717, 1.165) is 11.1 Å². The molecule has 98 valence electrons. The highest BCUT2D eigenvalue weighted by Gasteiger charge is 2.23. The average molecular weight is 256 g/mol. The molecule has 0 heterocycles. The van der Waals surface area contributed by atoms with Crippen LogP contribution in [0.15, 0.2) is 42.5 Å². The Hall–Kier alpha value is -1.67. The van der Waals surface area contributed by atoms with Gasteiger partial charge in [-0.2, -0.15) is 0 Å². The smallest absolute Gasteiger partial charge is 0.123 e. The highest BCUT2D eigenvalue weighted by atomic mass is 19.1. The normalized spacial score (nSPS) is 16.4. The van der Waals surface area contributed by atoms with Gasteiger partial charge in [0.1, 0.15) is 11.9 Å². The molecule has 1 atom stereocenters. The summed E-state index contributed by atoms with van der Waals surface area (Å²) in [6.45, 7) is 1.83. The van der Waals surface area contributed by atoms with Crippen LogP contribution in [0.5, 0.6) is 0 Å². The summed E-state index contributed by atoms with van der Waals surface area (Å²) in [6, 6.07) is 12.7. The molecular weight excluding hydrogens is 239 g/mol. The number of aliphatic hydroxyl groups is 1. The Kier molecular flexibility index (Phi) is 3.11. The molecule has 0 amide bonds. The van der Waals surface area contributed by atoms with Crippen molar-refractivity contribution in [3.05, 3.63) is 70.5 Å². The van der Waals surface area contributed by atoms with Gasteiger partial charge < -0.3 is 5.11 Å². The molecule has 0 saturated heterocycles. The van der Waals surface area contributed by atoms with Crippen LogP contribution in [0.2, 0.25) is 0 Å². The molecule has 0 aliphatic heterocycles. The van der Waals surface area contributed by atoms with Crippen molar-refractivity contribution >= 4 is 0 Å². The third kappa shape index (κ3) is 2.69. The van der Waals surface area contributed by atoms with E-state index < -0.39 is 6.10 Å². The number of hydrogen-bond acceptors (Lipinski definition) is 1. The number of rotatable bonds is 3. The highest BCUT2D eigenvalue weighted by molar-refractivity contribution is 5.35. The van der Waals surface area contributed by atoms with Gasteiger partial charge >= 0.3 is 0 Å². The van der Waals surface area contributed by atoms with E-state index in [1.54, 1.807) is 0 Å². The zero-order chi connectivity index (χ0) is 13.4. The molecule has 0 spiro atoms. The van der Waals surface area contributed by atoms with Gasteiger partial charge in [-0.3, -0.25) is 0 Å². The second-order valence-corrected chi connectivity index (χ2v) is 5.41. The van der Waals surface area contributed by atoms with Crippen molar-refractivity contribution in [1.82, 2.24) is 0 Å². The van der Waals surface area contributed by atoms with E-state index >= 15 is 0 Å². The maximum atomic E-state index is 13.4. The third-order valence-corrected chi connectivity index (χ3v) is 3.68. The highest BCUT2D eigenvalue weighted by Crippen LogP contribution is 2.40. The molecular formula is C17H17FO. The molecule has 19 heavy (non-hydrogen) atoms. The topological polar surface area (TPSA) is 20.2 Å². The number of aryl methyl sites for hydroxylation is 1. The van der Waals surface area contributed by atoms with Gasteiger partial charge in [0.05, 0.1) is 0 Å². The summed E-state index contributed by atoms with van der Waals surface area (Å²) < 4.78 is 13.4. The average Bonchev–Trinajstić information content (AvgIpc) is 3.21. The number of halogens is 1. The molecule has 0 radical (unpaired) electrons. The molecule has 1 N–H and O–H groups in total. The van der Waals surface area contributed by atoms with E-state index in [1.807, 2.05) is 25.1 Å². The van der Waals surface area contributed by atoms with Crippen LogP contribution in [0.4, 0.5) is 4.39 Å². The van der Waals surface area contributed by atoms with E-state index in [-0.39, 0.29) is 5.82 Å². The van der Waals surface area contributed by atoms with Crippen molar-refractivity contribution in [2.45, 2.75) is 31.8 Å². The van der Waals surface area contributed by atoms with Crippen LogP contribution in [0.1, 0.15) is 47.1 Å². The fourth-order valence-electron chi connectivity index (χ4n) is 2.48. The maximum Gasteiger partial charge on any atom is 0.123 e. The molecule has 1 fully saturated rings. The lowest BCUT2D eigenvalue weighted by molar-refractivity contribution is 0.219. The van der Waals surface area contributed by atoms with Crippen LogP contribution in [0.25, 0.3) is 0 Å². The van der Waals surface area contributed by atoms with E-state index in [4.69, 9.17) is 0 Å². The largest absolute Gasteiger partial charge is 0.384 e. The number of benzene rings is 2. The first-order valence-corrected chi connectivity index (χ1v) is 6.68. The number of hydrogen-bond donors (Lipinski definition) is 1. The van der Waals surface area contributed by atoms with Gasteiger partial charge in [-0.15, -0.1) is 0 Å². The van der Waals surface area contributed by atoms with E-state index in [2.05, 4.69) is 12.1 Å². The van der Waals surface area contributed by atoms with Crippen molar-refractivity contribution in [2.75, 3.05) is 0 Å². The van der Waals surface area contributed by atoms with Crippen LogP contribution >= 0.6 is 0 Å². The Morgan fingerprint density at radius 3 is 2.32 bits per heavy atom. The lowest BCUT2D eigenvalue weighted by Crippen LogP contribution is -2.01. The SMILES string of the molecule is Cc1cc(F)cc(C(O)c2ccc(C3CC3)cc2)c1.